The zero-order chi connectivity index (χ0) is 23.5. The van der Waals surface area contributed by atoms with E-state index in [-0.39, 0.29) is 34.6 Å². The Morgan fingerprint density at radius 3 is 2.58 bits per heavy atom. The highest BCUT2D eigenvalue weighted by atomic mass is 32.2. The maximum atomic E-state index is 12.8. The molecule has 0 aromatic carbocycles. The molecule has 0 aliphatic heterocycles. The Morgan fingerprint density at radius 2 is 1.85 bits per heavy atom. The van der Waals surface area contributed by atoms with Crippen LogP contribution in [0, 0.1) is 29.1 Å². The summed E-state index contributed by atoms with van der Waals surface area (Å²) in [5, 5.41) is 10.5. The molecule has 1 N–H and O–H groups in total. The van der Waals surface area contributed by atoms with Gasteiger partial charge in [-0.15, -0.1) is 23.1 Å². The molecule has 1 aromatic heterocycles. The van der Waals surface area contributed by atoms with E-state index in [1.807, 2.05) is 0 Å². The van der Waals surface area contributed by atoms with E-state index in [0.29, 0.717) is 17.8 Å². The molecule has 0 bridgehead atoms. The van der Waals surface area contributed by atoms with Crippen LogP contribution < -0.4 is 0 Å². The normalized spacial score (nSPS) is 39.1. The largest absolute Gasteiger partial charge is 0.468 e. The predicted octanol–water partition coefficient (Wildman–Crippen LogP) is 5.22. The summed E-state index contributed by atoms with van der Waals surface area (Å²) < 4.78 is 11.1. The van der Waals surface area contributed by atoms with Gasteiger partial charge in [-0.25, -0.2) is 4.79 Å². The molecule has 3 fully saturated rings. The minimum Gasteiger partial charge on any atom is -0.468 e. The monoisotopic (exact) mass is 492 g/mol. The number of fused-ring (bicyclic) bond motifs is 7. The lowest BCUT2D eigenvalue weighted by atomic mass is 9.45. The summed E-state index contributed by atoms with van der Waals surface area (Å²) in [5.74, 6) is 2.27. The first-order chi connectivity index (χ1) is 15.7. The number of ether oxygens (including phenoxy) is 2. The molecule has 5 nitrogen and oxygen atoms in total. The summed E-state index contributed by atoms with van der Waals surface area (Å²) in [7, 11) is 2.87. The number of carbonyl (C=O) groups excluding carboxylic acids is 2. The van der Waals surface area contributed by atoms with Crippen molar-refractivity contribution in [2.24, 2.45) is 29.1 Å². The fraction of sp³-hybridized carbons (Fsp3) is 0.769. The van der Waals surface area contributed by atoms with Crippen molar-refractivity contribution in [3.05, 3.63) is 16.0 Å². The molecular weight excluding hydrogens is 456 g/mol. The van der Waals surface area contributed by atoms with Crippen LogP contribution in [0.4, 0.5) is 0 Å². The van der Waals surface area contributed by atoms with E-state index in [0.717, 1.165) is 53.5 Å². The van der Waals surface area contributed by atoms with Gasteiger partial charge in [0.1, 0.15) is 4.88 Å². The van der Waals surface area contributed by atoms with Crippen molar-refractivity contribution in [2.45, 2.75) is 80.9 Å². The topological polar surface area (TPSA) is 72.8 Å². The number of thiophene rings is 1. The number of thioether (sulfide) groups is 1. The fourth-order valence-electron chi connectivity index (χ4n) is 8.33. The lowest BCUT2D eigenvalue weighted by Crippen LogP contribution is -2.54. The van der Waals surface area contributed by atoms with E-state index in [2.05, 4.69) is 13.8 Å². The second-order valence-electron chi connectivity index (χ2n) is 11.2. The van der Waals surface area contributed by atoms with Gasteiger partial charge in [0.15, 0.2) is 0 Å². The number of methoxy groups -OCH3 is 2. The molecule has 0 unspecified atom stereocenters. The average molecular weight is 493 g/mol. The Morgan fingerprint density at radius 1 is 1.09 bits per heavy atom. The molecule has 1 aromatic rings. The average Bonchev–Trinajstić information content (AvgIpc) is 3.31. The number of carbonyl (C=O) groups is 2. The first-order valence-corrected chi connectivity index (χ1v) is 14.1. The number of aliphatic hydroxyl groups is 1. The number of hydrogen-bond donors (Lipinski definition) is 1. The molecule has 0 amide bonds. The third-order valence-electron chi connectivity index (χ3n) is 9.86. The van der Waals surface area contributed by atoms with E-state index in [9.17, 15) is 14.7 Å². The summed E-state index contributed by atoms with van der Waals surface area (Å²) in [6.45, 7) is 4.83. The van der Waals surface area contributed by atoms with Gasteiger partial charge >= 0.3 is 11.9 Å². The summed E-state index contributed by atoms with van der Waals surface area (Å²) in [5.41, 5.74) is 2.67. The van der Waals surface area contributed by atoms with Gasteiger partial charge in [-0.2, -0.15) is 0 Å². The minimum absolute atomic E-state index is 0.0307. The zero-order valence-corrected chi connectivity index (χ0v) is 21.8. The van der Waals surface area contributed by atoms with Crippen molar-refractivity contribution in [3.63, 3.8) is 0 Å². The quantitative estimate of drug-likeness (QED) is 0.459. The van der Waals surface area contributed by atoms with Crippen molar-refractivity contribution < 1.29 is 24.2 Å². The molecule has 3 saturated carbocycles. The van der Waals surface area contributed by atoms with E-state index in [1.54, 1.807) is 0 Å². The highest BCUT2D eigenvalue weighted by Gasteiger charge is 2.60. The molecule has 7 atom stereocenters. The molecular formula is C26H36O5S2. The van der Waals surface area contributed by atoms with E-state index < -0.39 is 0 Å². The Labute approximate surface area is 205 Å². The molecule has 5 rings (SSSR count). The van der Waals surface area contributed by atoms with Gasteiger partial charge in [0.25, 0.3) is 0 Å². The molecule has 1 heterocycles. The van der Waals surface area contributed by atoms with Crippen molar-refractivity contribution in [1.82, 2.24) is 0 Å². The lowest BCUT2D eigenvalue weighted by Gasteiger charge is -2.60. The van der Waals surface area contributed by atoms with Gasteiger partial charge in [0.05, 0.1) is 30.3 Å². The van der Waals surface area contributed by atoms with Crippen LogP contribution in [0.15, 0.2) is 4.21 Å². The molecule has 33 heavy (non-hydrogen) atoms. The van der Waals surface area contributed by atoms with E-state index in [1.165, 1.54) is 61.3 Å². The van der Waals surface area contributed by atoms with E-state index >= 15 is 0 Å². The predicted molar refractivity (Wildman–Crippen MR) is 130 cm³/mol. The number of esters is 2. The highest BCUT2D eigenvalue weighted by molar-refractivity contribution is 8.01. The van der Waals surface area contributed by atoms with Crippen LogP contribution in [0.1, 0.15) is 79.6 Å². The first kappa shape index (κ1) is 23.7. The van der Waals surface area contributed by atoms with Crippen LogP contribution in [0.25, 0.3) is 0 Å². The lowest BCUT2D eigenvalue weighted by molar-refractivity contribution is -0.137. The molecule has 0 saturated heterocycles. The fourth-order valence-corrected chi connectivity index (χ4v) is 10.8. The molecule has 4 aliphatic carbocycles. The Kier molecular flexibility index (Phi) is 6.14. The van der Waals surface area contributed by atoms with Crippen molar-refractivity contribution in [2.75, 3.05) is 20.0 Å². The number of aliphatic hydroxyl groups excluding tert-OH is 1. The smallest absolute Gasteiger partial charge is 0.348 e. The van der Waals surface area contributed by atoms with Gasteiger partial charge in [-0.1, -0.05) is 13.8 Å². The Bertz CT molecular complexity index is 957. The van der Waals surface area contributed by atoms with Gasteiger partial charge in [0, 0.05) is 0 Å². The Hall–Kier alpha value is -1.05. The summed E-state index contributed by atoms with van der Waals surface area (Å²) in [6.07, 6.45) is 8.64. The van der Waals surface area contributed by atoms with Gasteiger partial charge in [-0.05, 0) is 97.0 Å². The second kappa shape index (κ2) is 8.56. The molecule has 0 radical (unpaired) electrons. The van der Waals surface area contributed by atoms with Crippen molar-refractivity contribution in [3.8, 4) is 0 Å². The second-order valence-corrected chi connectivity index (χ2v) is 13.4. The van der Waals surface area contributed by atoms with E-state index in [4.69, 9.17) is 9.47 Å². The molecule has 0 spiro atoms. The first-order valence-electron chi connectivity index (χ1n) is 12.3. The Balaban J connectivity index is 1.50. The van der Waals surface area contributed by atoms with Crippen LogP contribution in [0.3, 0.4) is 0 Å². The van der Waals surface area contributed by atoms with Crippen LogP contribution in [-0.2, 0) is 26.1 Å². The maximum Gasteiger partial charge on any atom is 0.348 e. The summed E-state index contributed by atoms with van der Waals surface area (Å²) >= 11 is 3.00. The maximum absolute atomic E-state index is 12.8. The molecule has 7 heteroatoms. The third kappa shape index (κ3) is 3.59. The number of hydrogen-bond acceptors (Lipinski definition) is 7. The summed E-state index contributed by atoms with van der Waals surface area (Å²) in [6, 6.07) is 0. The van der Waals surface area contributed by atoms with Crippen molar-refractivity contribution in [1.29, 1.82) is 0 Å². The zero-order valence-electron chi connectivity index (χ0n) is 20.1. The summed E-state index contributed by atoms with van der Waals surface area (Å²) in [4.78, 5) is 25.4. The molecule has 4 aliphatic rings. The van der Waals surface area contributed by atoms with Crippen molar-refractivity contribution >= 4 is 35.0 Å². The standard InChI is InChI=1S/C26H36O5S2/c1-25-10-9-18-16(8-6-14-5-7-15(27)12-26(14,18)2)19(25)11-17-21(25)22(23(29)31-4)33-24(17)32-13-20(28)30-3/h14-16,18-19,27H,5-13H2,1-4H3/t14-,15-,16-,18+,19+,25+,26+/m1/s1. The third-order valence-corrected chi connectivity index (χ3v) is 12.4. The van der Waals surface area contributed by atoms with Gasteiger partial charge in [-0.3, -0.25) is 4.79 Å². The minimum atomic E-state index is -0.253. The molecule has 182 valence electrons. The van der Waals surface area contributed by atoms with Crippen LogP contribution in [0.2, 0.25) is 0 Å². The number of rotatable bonds is 4. The van der Waals surface area contributed by atoms with Crippen LogP contribution >= 0.6 is 23.1 Å². The highest BCUT2D eigenvalue weighted by Crippen LogP contribution is 2.67. The van der Waals surface area contributed by atoms with Crippen LogP contribution in [0.5, 0.6) is 0 Å². The van der Waals surface area contributed by atoms with Gasteiger partial charge < -0.3 is 14.6 Å². The van der Waals surface area contributed by atoms with Gasteiger partial charge in [0.2, 0.25) is 0 Å². The van der Waals surface area contributed by atoms with Crippen LogP contribution in [-0.4, -0.2) is 43.1 Å². The SMILES string of the molecule is COC(=O)CSc1sc(C(=O)OC)c2c1C[C@H]1[C@@H]3CC[C@H]4CC[C@@H](O)C[C@]4(C)[C@H]3CC[C@]21C.